The van der Waals surface area contributed by atoms with E-state index in [0.29, 0.717) is 5.56 Å². The Hall–Kier alpha value is -1.94. The van der Waals surface area contributed by atoms with Crippen LogP contribution < -0.4 is 0 Å². The van der Waals surface area contributed by atoms with Gasteiger partial charge in [-0.15, -0.1) is 0 Å². The second-order valence-electron chi connectivity index (χ2n) is 4.69. The number of halogens is 1. The highest BCUT2D eigenvalue weighted by atomic mass is 32.2. The van der Waals surface area contributed by atoms with E-state index in [0.717, 1.165) is 12.1 Å². The first-order chi connectivity index (χ1) is 9.31. The SMILES string of the molecule is CCS(=O)(=O)[C@@H]1[C@H](c2ccc(F)cc2)[C@@]1(C#N)C(=O)O. The van der Waals surface area contributed by atoms with Crippen molar-refractivity contribution in [1.82, 2.24) is 0 Å². The summed E-state index contributed by atoms with van der Waals surface area (Å²) in [6.45, 7) is 1.40. The van der Waals surface area contributed by atoms with Gasteiger partial charge < -0.3 is 5.11 Å². The van der Waals surface area contributed by atoms with Crippen molar-refractivity contribution in [3.63, 3.8) is 0 Å². The number of hydrogen-bond acceptors (Lipinski definition) is 4. The molecule has 5 nitrogen and oxygen atoms in total. The van der Waals surface area contributed by atoms with Crippen molar-refractivity contribution in [3.05, 3.63) is 35.6 Å². The number of nitrogens with zero attached hydrogens (tertiary/aromatic N) is 1. The topological polar surface area (TPSA) is 95.2 Å². The first kappa shape index (κ1) is 14.5. The third-order valence-corrected chi connectivity index (χ3v) is 5.91. The molecule has 0 saturated heterocycles. The molecule has 1 N–H and O–H groups in total. The van der Waals surface area contributed by atoms with E-state index >= 15 is 0 Å². The Kier molecular flexibility index (Phi) is 3.30. The van der Waals surface area contributed by atoms with E-state index in [-0.39, 0.29) is 5.75 Å². The smallest absolute Gasteiger partial charge is 0.326 e. The molecule has 20 heavy (non-hydrogen) atoms. The Labute approximate surface area is 115 Å². The van der Waals surface area contributed by atoms with Crippen molar-refractivity contribution < 1.29 is 22.7 Å². The molecule has 0 unspecified atom stereocenters. The molecular weight excluding hydrogens is 285 g/mol. The number of aliphatic carboxylic acids is 1. The predicted molar refractivity (Wildman–Crippen MR) is 68.1 cm³/mol. The van der Waals surface area contributed by atoms with Gasteiger partial charge in [-0.3, -0.25) is 4.79 Å². The molecule has 0 radical (unpaired) electrons. The molecule has 0 heterocycles. The lowest BCUT2D eigenvalue weighted by molar-refractivity contribution is -0.141. The van der Waals surface area contributed by atoms with Gasteiger partial charge in [-0.25, -0.2) is 12.8 Å². The highest BCUT2D eigenvalue weighted by molar-refractivity contribution is 7.92. The quantitative estimate of drug-likeness (QED) is 0.904. The summed E-state index contributed by atoms with van der Waals surface area (Å²) in [5, 5.41) is 17.1. The van der Waals surface area contributed by atoms with Crippen LogP contribution in [0.1, 0.15) is 18.4 Å². The van der Waals surface area contributed by atoms with Crippen LogP contribution in [0, 0.1) is 22.6 Å². The zero-order valence-electron chi connectivity index (χ0n) is 10.6. The minimum atomic E-state index is -3.69. The summed E-state index contributed by atoms with van der Waals surface area (Å²) in [6.07, 6.45) is 0. The Balaban J connectivity index is 2.54. The number of carboxylic acids is 1. The van der Waals surface area contributed by atoms with Gasteiger partial charge in [0.2, 0.25) is 0 Å². The molecular formula is C13H12FNO4S. The molecule has 1 saturated carbocycles. The molecule has 0 amide bonds. The molecule has 2 rings (SSSR count). The molecule has 1 fully saturated rings. The fourth-order valence-corrected chi connectivity index (χ4v) is 4.50. The Morgan fingerprint density at radius 2 is 2.00 bits per heavy atom. The second-order valence-corrected chi connectivity index (χ2v) is 7.10. The Morgan fingerprint density at radius 1 is 1.45 bits per heavy atom. The van der Waals surface area contributed by atoms with E-state index in [2.05, 4.69) is 0 Å². The van der Waals surface area contributed by atoms with Gasteiger partial charge in [0.1, 0.15) is 11.1 Å². The number of carbonyl (C=O) groups is 1. The minimum absolute atomic E-state index is 0.244. The molecule has 0 spiro atoms. The summed E-state index contributed by atoms with van der Waals surface area (Å²) in [6, 6.07) is 6.51. The highest BCUT2D eigenvalue weighted by Gasteiger charge is 2.76. The van der Waals surface area contributed by atoms with Crippen LogP contribution in [0.3, 0.4) is 0 Å². The van der Waals surface area contributed by atoms with Crippen LogP contribution >= 0.6 is 0 Å². The number of sulfone groups is 1. The van der Waals surface area contributed by atoms with E-state index in [9.17, 15) is 28.0 Å². The zero-order valence-corrected chi connectivity index (χ0v) is 11.4. The molecule has 0 bridgehead atoms. The Morgan fingerprint density at radius 3 is 2.40 bits per heavy atom. The maximum absolute atomic E-state index is 12.9. The van der Waals surface area contributed by atoms with Gasteiger partial charge in [-0.2, -0.15) is 5.26 Å². The minimum Gasteiger partial charge on any atom is -0.480 e. The first-order valence-corrected chi connectivity index (χ1v) is 7.64. The molecule has 7 heteroatoms. The van der Waals surface area contributed by atoms with E-state index in [1.807, 2.05) is 0 Å². The van der Waals surface area contributed by atoms with Gasteiger partial charge >= 0.3 is 5.97 Å². The van der Waals surface area contributed by atoms with Gasteiger partial charge in [0, 0.05) is 11.7 Å². The lowest BCUT2D eigenvalue weighted by atomic mass is 10.0. The molecule has 0 aliphatic heterocycles. The molecule has 3 atom stereocenters. The summed E-state index contributed by atoms with van der Waals surface area (Å²) < 4.78 is 36.9. The molecule has 1 aliphatic carbocycles. The molecule has 1 aromatic carbocycles. The van der Waals surface area contributed by atoms with E-state index < -0.39 is 38.2 Å². The number of rotatable bonds is 4. The summed E-state index contributed by atoms with van der Waals surface area (Å²) in [7, 11) is -3.69. The second kappa shape index (κ2) is 4.56. The van der Waals surface area contributed by atoms with Crippen molar-refractivity contribution in [2.24, 2.45) is 5.41 Å². The molecule has 1 aromatic rings. The van der Waals surface area contributed by atoms with Gasteiger partial charge in [-0.1, -0.05) is 19.1 Å². The van der Waals surface area contributed by atoms with Gasteiger partial charge in [0.25, 0.3) is 0 Å². The van der Waals surface area contributed by atoms with Gasteiger partial charge in [0.15, 0.2) is 15.3 Å². The Bertz CT molecular complexity index is 692. The lowest BCUT2D eigenvalue weighted by Crippen LogP contribution is -2.23. The number of hydrogen-bond donors (Lipinski definition) is 1. The van der Waals surface area contributed by atoms with Crippen LogP contribution in [0.4, 0.5) is 4.39 Å². The van der Waals surface area contributed by atoms with Crippen molar-refractivity contribution in [3.8, 4) is 6.07 Å². The molecule has 0 aromatic heterocycles. The summed E-state index contributed by atoms with van der Waals surface area (Å²) in [4.78, 5) is 11.4. The standard InChI is InChI=1S/C13H12FNO4S/c1-2-20(18,19)11-10(13(11,7-15)12(16)17)8-3-5-9(14)6-4-8/h3-6,10-11H,2H2,1H3,(H,16,17)/t10-,11+,13+/m0/s1. The zero-order chi connectivity index (χ0) is 15.1. The van der Waals surface area contributed by atoms with Crippen LogP contribution in [0.15, 0.2) is 24.3 Å². The number of nitriles is 1. The highest BCUT2D eigenvalue weighted by Crippen LogP contribution is 2.62. The third kappa shape index (κ3) is 1.88. The fraction of sp³-hybridized carbons (Fsp3) is 0.385. The summed E-state index contributed by atoms with van der Waals surface area (Å²) in [5.74, 6) is -3.18. The predicted octanol–water partition coefficient (Wildman–Crippen LogP) is 1.32. The fourth-order valence-electron chi connectivity index (χ4n) is 2.57. The average molecular weight is 297 g/mol. The maximum atomic E-state index is 12.9. The van der Waals surface area contributed by atoms with Crippen molar-refractivity contribution >= 4 is 15.8 Å². The largest absolute Gasteiger partial charge is 0.480 e. The van der Waals surface area contributed by atoms with Gasteiger partial charge in [-0.05, 0) is 17.7 Å². The van der Waals surface area contributed by atoms with Crippen LogP contribution in [0.5, 0.6) is 0 Å². The van der Waals surface area contributed by atoms with Crippen LogP contribution in [-0.4, -0.2) is 30.5 Å². The number of benzene rings is 1. The summed E-state index contributed by atoms with van der Waals surface area (Å²) >= 11 is 0. The van der Waals surface area contributed by atoms with E-state index in [1.54, 1.807) is 6.07 Å². The summed E-state index contributed by atoms with van der Waals surface area (Å²) in [5.41, 5.74) is -1.63. The van der Waals surface area contributed by atoms with Crippen LogP contribution in [0.2, 0.25) is 0 Å². The lowest BCUT2D eigenvalue weighted by Gasteiger charge is -2.02. The first-order valence-electron chi connectivity index (χ1n) is 5.93. The van der Waals surface area contributed by atoms with Gasteiger partial charge in [0.05, 0.1) is 6.07 Å². The third-order valence-electron chi connectivity index (χ3n) is 3.69. The van der Waals surface area contributed by atoms with Crippen molar-refractivity contribution in [2.75, 3.05) is 5.75 Å². The van der Waals surface area contributed by atoms with Crippen LogP contribution in [0.25, 0.3) is 0 Å². The van der Waals surface area contributed by atoms with Crippen molar-refractivity contribution in [1.29, 1.82) is 5.26 Å². The van der Waals surface area contributed by atoms with Crippen LogP contribution in [-0.2, 0) is 14.6 Å². The van der Waals surface area contributed by atoms with E-state index in [4.69, 9.17) is 0 Å². The normalized spacial score (nSPS) is 28.6. The molecule has 1 aliphatic rings. The maximum Gasteiger partial charge on any atom is 0.326 e. The van der Waals surface area contributed by atoms with Crippen molar-refractivity contribution in [2.45, 2.75) is 18.1 Å². The number of carboxylic acid groups (broad SMARTS) is 1. The molecule has 106 valence electrons. The van der Waals surface area contributed by atoms with E-state index in [1.165, 1.54) is 19.1 Å². The monoisotopic (exact) mass is 297 g/mol. The average Bonchev–Trinajstić information content (AvgIpc) is 3.11.